The molecule has 50 heavy (non-hydrogen) atoms. The van der Waals surface area contributed by atoms with E-state index >= 15 is 0 Å². The van der Waals surface area contributed by atoms with Crippen LogP contribution in [0.2, 0.25) is 0 Å². The van der Waals surface area contributed by atoms with Crippen LogP contribution in [-0.4, -0.2) is 42.2 Å². The van der Waals surface area contributed by atoms with E-state index in [0.29, 0.717) is 35.2 Å². The van der Waals surface area contributed by atoms with Crippen molar-refractivity contribution >= 4 is 65.7 Å². The number of fused-ring (bicyclic) bond motifs is 4. The van der Waals surface area contributed by atoms with E-state index < -0.39 is 16.0 Å². The normalized spacial score (nSPS) is 11.8. The molecule has 2 N–H and O–H groups in total. The Labute approximate surface area is 293 Å². The van der Waals surface area contributed by atoms with Gasteiger partial charge < -0.3 is 15.0 Å². The van der Waals surface area contributed by atoms with Crippen molar-refractivity contribution in [1.82, 2.24) is 9.63 Å². The number of hydrogen-bond acceptors (Lipinski definition) is 8. The van der Waals surface area contributed by atoms with Crippen LogP contribution in [0.3, 0.4) is 0 Å². The number of nitrogens with one attached hydrogen (secondary N) is 1. The van der Waals surface area contributed by atoms with Gasteiger partial charge in [-0.3, -0.25) is 4.79 Å². The van der Waals surface area contributed by atoms with Crippen LogP contribution in [0.1, 0.15) is 57.8 Å². The summed E-state index contributed by atoms with van der Waals surface area (Å²) in [5.41, 5.74) is 3.28. The van der Waals surface area contributed by atoms with Gasteiger partial charge in [0.15, 0.2) is 5.75 Å². The first-order valence-corrected chi connectivity index (χ1v) is 18.3. The molecule has 0 aliphatic heterocycles. The van der Waals surface area contributed by atoms with Crippen molar-refractivity contribution in [3.63, 3.8) is 0 Å². The quantitative estimate of drug-likeness (QED) is 0.103. The third kappa shape index (κ3) is 7.70. The van der Waals surface area contributed by atoms with Crippen LogP contribution in [0.15, 0.2) is 112 Å². The minimum Gasteiger partial charge on any atom is -0.505 e. The predicted molar refractivity (Wildman–Crippen MR) is 201 cm³/mol. The summed E-state index contributed by atoms with van der Waals surface area (Å²) in [5.74, 6) is -0.823. The number of phenols is 1. The topological polar surface area (TPSA) is 126 Å². The Bertz CT molecular complexity index is 2260. The van der Waals surface area contributed by atoms with Crippen LogP contribution in [0.5, 0.6) is 5.75 Å². The lowest BCUT2D eigenvalue weighted by atomic mass is 10.0. The zero-order chi connectivity index (χ0) is 35.8. The summed E-state index contributed by atoms with van der Waals surface area (Å²) >= 11 is 0. The second-order valence-corrected chi connectivity index (χ2v) is 13.2. The number of carbonyl (C=O) groups is 1. The van der Waals surface area contributed by atoms with Gasteiger partial charge in [0.2, 0.25) is 0 Å². The van der Waals surface area contributed by atoms with Gasteiger partial charge in [-0.2, -0.15) is 22.9 Å². The van der Waals surface area contributed by atoms with Crippen molar-refractivity contribution in [2.24, 2.45) is 10.2 Å². The Hall–Kier alpha value is -5.10. The highest BCUT2D eigenvalue weighted by atomic mass is 32.2. The Morgan fingerprint density at radius 2 is 1.42 bits per heavy atom. The minimum atomic E-state index is -4.00. The molecule has 0 atom stereocenters. The third-order valence-electron chi connectivity index (χ3n) is 8.39. The van der Waals surface area contributed by atoms with Gasteiger partial charge in [-0.1, -0.05) is 83.0 Å². The van der Waals surface area contributed by atoms with E-state index in [4.69, 9.17) is 4.28 Å². The van der Waals surface area contributed by atoms with Gasteiger partial charge in [0.1, 0.15) is 5.69 Å². The summed E-state index contributed by atoms with van der Waals surface area (Å²) in [5, 5.41) is 27.6. The molecule has 6 rings (SSSR count). The lowest BCUT2D eigenvalue weighted by Gasteiger charge is -2.16. The van der Waals surface area contributed by atoms with Crippen LogP contribution in [0.25, 0.3) is 32.6 Å². The fourth-order valence-electron chi connectivity index (χ4n) is 5.56. The SMILES string of the molecule is CCCC.CCN(CC)OS(=O)(=O)c1ccc(N=Nc2c(O)c(C(=O)Nc3ccc4c(c3)c3ccccc3n4CC)cc3ccccc23)cc1. The fraction of sp³-hybridized carbons (Fsp3) is 0.256. The van der Waals surface area contributed by atoms with Gasteiger partial charge in [0.25, 0.3) is 5.91 Å². The summed E-state index contributed by atoms with van der Waals surface area (Å²) in [6.45, 7) is 11.7. The number of aryl methyl sites for hydroxylation is 1. The number of aromatic hydroxyl groups is 1. The molecule has 10 nitrogen and oxygen atoms in total. The maximum absolute atomic E-state index is 13.6. The summed E-state index contributed by atoms with van der Waals surface area (Å²) < 4.78 is 32.6. The van der Waals surface area contributed by atoms with Gasteiger partial charge in [-0.15, -0.1) is 5.11 Å². The highest BCUT2D eigenvalue weighted by molar-refractivity contribution is 7.86. The van der Waals surface area contributed by atoms with Gasteiger partial charge >= 0.3 is 10.1 Å². The minimum absolute atomic E-state index is 0.0252. The van der Waals surface area contributed by atoms with Crippen molar-refractivity contribution in [1.29, 1.82) is 0 Å². The number of rotatable bonds is 11. The van der Waals surface area contributed by atoms with Crippen molar-refractivity contribution in [2.45, 2.75) is 58.9 Å². The lowest BCUT2D eigenvalue weighted by Crippen LogP contribution is -2.27. The molecule has 0 bridgehead atoms. The highest BCUT2D eigenvalue weighted by Gasteiger charge is 2.21. The van der Waals surface area contributed by atoms with E-state index in [1.165, 1.54) is 42.2 Å². The average molecular weight is 694 g/mol. The predicted octanol–water partition coefficient (Wildman–Crippen LogP) is 10.1. The molecule has 1 amide bonds. The first-order valence-electron chi connectivity index (χ1n) is 16.9. The molecular formula is C39H43N5O5S. The first-order chi connectivity index (χ1) is 24.1. The van der Waals surface area contributed by atoms with E-state index in [2.05, 4.69) is 53.0 Å². The molecule has 0 saturated heterocycles. The largest absolute Gasteiger partial charge is 0.505 e. The van der Waals surface area contributed by atoms with Gasteiger partial charge in [-0.25, -0.2) is 0 Å². The van der Waals surface area contributed by atoms with E-state index in [-0.39, 0.29) is 21.9 Å². The molecule has 5 aromatic carbocycles. The number of azo groups is 1. The number of carbonyl (C=O) groups excluding carboxylic acids is 1. The third-order valence-corrected chi connectivity index (χ3v) is 9.64. The molecule has 0 aliphatic rings. The summed E-state index contributed by atoms with van der Waals surface area (Å²) in [7, 11) is -4.00. The molecule has 0 fully saturated rings. The Kier molecular flexibility index (Phi) is 11.6. The molecule has 260 valence electrons. The summed E-state index contributed by atoms with van der Waals surface area (Å²) in [6.07, 6.45) is 2.64. The number of hydrogen-bond donors (Lipinski definition) is 2. The number of hydroxylamine groups is 2. The van der Waals surface area contributed by atoms with Crippen molar-refractivity contribution < 1.29 is 22.6 Å². The second-order valence-electron chi connectivity index (χ2n) is 11.6. The monoisotopic (exact) mass is 693 g/mol. The Balaban J connectivity index is 0.00000115. The second kappa shape index (κ2) is 16.1. The van der Waals surface area contributed by atoms with Gasteiger partial charge in [-0.05, 0) is 66.9 Å². The Morgan fingerprint density at radius 3 is 2.08 bits per heavy atom. The van der Waals surface area contributed by atoms with Crippen LogP contribution >= 0.6 is 0 Å². The molecule has 1 heterocycles. The number of amides is 1. The lowest BCUT2D eigenvalue weighted by molar-refractivity contribution is -0.0413. The summed E-state index contributed by atoms with van der Waals surface area (Å²) in [4.78, 5) is 13.6. The number of benzene rings is 5. The molecule has 0 aliphatic carbocycles. The fourth-order valence-corrected chi connectivity index (χ4v) is 6.60. The van der Waals surface area contributed by atoms with Crippen molar-refractivity contribution in [3.05, 3.63) is 103 Å². The molecule has 0 radical (unpaired) electrons. The van der Waals surface area contributed by atoms with E-state index in [1.807, 2.05) is 42.5 Å². The molecule has 1 aromatic heterocycles. The zero-order valence-corrected chi connectivity index (χ0v) is 29.9. The molecule has 0 spiro atoms. The van der Waals surface area contributed by atoms with Crippen molar-refractivity contribution in [2.75, 3.05) is 18.4 Å². The number of phenolic OH excluding ortho intramolecular Hbond substituents is 1. The maximum atomic E-state index is 13.6. The molecule has 11 heteroatoms. The number of nitrogens with zero attached hydrogens (tertiary/aromatic N) is 4. The van der Waals surface area contributed by atoms with Gasteiger partial charge in [0, 0.05) is 52.5 Å². The van der Waals surface area contributed by atoms with Crippen LogP contribution < -0.4 is 5.32 Å². The molecule has 6 aromatic rings. The highest BCUT2D eigenvalue weighted by Crippen LogP contribution is 2.40. The van der Waals surface area contributed by atoms with E-state index in [0.717, 1.165) is 28.4 Å². The number of aromatic nitrogens is 1. The molecular weight excluding hydrogens is 651 g/mol. The van der Waals surface area contributed by atoms with E-state index in [1.54, 1.807) is 32.0 Å². The smallest absolute Gasteiger partial charge is 0.313 e. The van der Waals surface area contributed by atoms with E-state index in [9.17, 15) is 18.3 Å². The Morgan fingerprint density at radius 1 is 0.780 bits per heavy atom. The van der Waals surface area contributed by atoms with Gasteiger partial charge in [0.05, 0.1) is 16.1 Å². The van der Waals surface area contributed by atoms with Crippen molar-refractivity contribution in [3.8, 4) is 5.75 Å². The maximum Gasteiger partial charge on any atom is 0.313 e. The number of unbranched alkanes of at least 4 members (excludes halogenated alkanes) is 1. The average Bonchev–Trinajstić information content (AvgIpc) is 3.46. The first kappa shape index (κ1) is 36.2. The van der Waals surface area contributed by atoms with Crippen LogP contribution in [-0.2, 0) is 20.9 Å². The van der Waals surface area contributed by atoms with Crippen LogP contribution in [0.4, 0.5) is 17.1 Å². The number of para-hydroxylation sites is 1. The van der Waals surface area contributed by atoms with Crippen LogP contribution in [0, 0.1) is 0 Å². The standard InChI is InChI=1S/C35H33N5O5S.C4H10/c1-4-39(5-2)45-46(43,44)26-18-15-24(16-19-26)37-38-33-27-12-8-7-11-23(27)21-30(34(33)41)35(42)36-25-17-20-32-29(22-25)28-13-9-10-14-31(28)40(32)6-3;1-3-4-2/h7-22,41H,4-6H2,1-3H3,(H,36,42);3-4H2,1-2H3. The number of anilines is 1. The molecule has 0 unspecified atom stereocenters. The summed E-state index contributed by atoms with van der Waals surface area (Å²) in [6, 6.07) is 28.5. The molecule has 0 saturated carbocycles. The zero-order valence-electron chi connectivity index (χ0n) is 29.1.